The monoisotopic (exact) mass is 390 g/mol. The van der Waals surface area contributed by atoms with Crippen LogP contribution in [0.25, 0.3) is 0 Å². The third-order valence-electron chi connectivity index (χ3n) is 4.34. The Hall–Kier alpha value is -1.83. The van der Waals surface area contributed by atoms with E-state index in [4.69, 9.17) is 0 Å². The predicted molar refractivity (Wildman–Crippen MR) is 104 cm³/mol. The van der Waals surface area contributed by atoms with Crippen molar-refractivity contribution in [3.05, 3.63) is 60.7 Å². The highest BCUT2D eigenvalue weighted by Gasteiger charge is 2.31. The van der Waals surface area contributed by atoms with Gasteiger partial charge in [0.05, 0.1) is 10.1 Å². The Morgan fingerprint density at radius 2 is 1.46 bits per heavy atom. The average Bonchev–Trinajstić information content (AvgIpc) is 2.69. The molecule has 0 N–H and O–H groups in total. The summed E-state index contributed by atoms with van der Waals surface area (Å²) < 4.78 is 26.8. The van der Waals surface area contributed by atoms with Crippen LogP contribution in [0, 0.1) is 0 Å². The Bertz CT molecular complexity index is 834. The summed E-state index contributed by atoms with van der Waals surface area (Å²) in [4.78, 5) is 15.8. The van der Waals surface area contributed by atoms with Crippen LogP contribution in [0.3, 0.4) is 0 Å². The van der Waals surface area contributed by atoms with Gasteiger partial charge in [0.25, 0.3) is 0 Å². The molecule has 0 spiro atoms. The minimum absolute atomic E-state index is 0.0515. The van der Waals surface area contributed by atoms with Crippen LogP contribution < -0.4 is 0 Å². The fourth-order valence-electron chi connectivity index (χ4n) is 2.90. The number of carbonyl (C=O) groups excluding carboxylic acids is 1. The van der Waals surface area contributed by atoms with Crippen molar-refractivity contribution < 1.29 is 13.2 Å². The van der Waals surface area contributed by atoms with Gasteiger partial charge in [-0.25, -0.2) is 8.42 Å². The molecule has 0 aliphatic carbocycles. The summed E-state index contributed by atoms with van der Waals surface area (Å²) in [5.41, 5.74) is 0. The lowest BCUT2D eigenvalue weighted by Crippen LogP contribution is -2.52. The lowest BCUT2D eigenvalue weighted by Gasteiger charge is -2.35. The number of sulfonamides is 1. The average molecular weight is 391 g/mol. The third-order valence-corrected chi connectivity index (χ3v) is 7.35. The summed E-state index contributed by atoms with van der Waals surface area (Å²) in [6.07, 6.45) is 0. The molecule has 5 nitrogen and oxygen atoms in total. The molecule has 0 saturated carbocycles. The van der Waals surface area contributed by atoms with Crippen LogP contribution in [0.15, 0.2) is 70.5 Å². The maximum absolute atomic E-state index is 12.7. The van der Waals surface area contributed by atoms with E-state index in [2.05, 4.69) is 0 Å². The van der Waals surface area contributed by atoms with Crippen LogP contribution in [-0.2, 0) is 14.8 Å². The van der Waals surface area contributed by atoms with E-state index >= 15 is 0 Å². The van der Waals surface area contributed by atoms with Gasteiger partial charge in [-0.1, -0.05) is 36.4 Å². The van der Waals surface area contributed by atoms with Gasteiger partial charge in [-0.3, -0.25) is 4.79 Å². The van der Waals surface area contributed by atoms with Crippen molar-refractivity contribution in [2.45, 2.75) is 22.0 Å². The van der Waals surface area contributed by atoms with Crippen LogP contribution in [0.2, 0.25) is 0 Å². The Morgan fingerprint density at radius 3 is 2.04 bits per heavy atom. The van der Waals surface area contributed by atoms with Crippen LogP contribution in [0.5, 0.6) is 0 Å². The maximum Gasteiger partial charge on any atom is 0.243 e. The number of amides is 1. The number of thioether (sulfide) groups is 1. The molecule has 1 fully saturated rings. The van der Waals surface area contributed by atoms with Gasteiger partial charge in [-0.05, 0) is 31.2 Å². The molecular weight excluding hydrogens is 368 g/mol. The highest BCUT2D eigenvalue weighted by molar-refractivity contribution is 8.00. The smallest absolute Gasteiger partial charge is 0.243 e. The SMILES string of the molecule is C[C@H](Sc1ccccc1)C(=O)N1CCN(S(=O)(=O)c2ccccc2)CC1. The van der Waals surface area contributed by atoms with Crippen molar-refractivity contribution in [2.24, 2.45) is 0 Å². The van der Waals surface area contributed by atoms with Crippen LogP contribution in [-0.4, -0.2) is 55.0 Å². The molecule has 0 radical (unpaired) electrons. The number of rotatable bonds is 5. The molecule has 1 amide bonds. The second-order valence-electron chi connectivity index (χ2n) is 6.12. The highest BCUT2D eigenvalue weighted by atomic mass is 32.2. The summed E-state index contributed by atoms with van der Waals surface area (Å²) in [6, 6.07) is 18.3. The van der Waals surface area contributed by atoms with Crippen molar-refractivity contribution in [3.8, 4) is 0 Å². The van der Waals surface area contributed by atoms with E-state index in [0.29, 0.717) is 31.1 Å². The largest absolute Gasteiger partial charge is 0.339 e. The molecule has 1 atom stereocenters. The molecule has 0 bridgehead atoms. The molecule has 1 aliphatic heterocycles. The van der Waals surface area contributed by atoms with E-state index in [9.17, 15) is 13.2 Å². The second-order valence-corrected chi connectivity index (χ2v) is 9.47. The standard InChI is InChI=1S/C19H22N2O3S2/c1-16(25-17-8-4-2-5-9-17)19(22)20-12-14-21(15-13-20)26(23,24)18-10-6-3-7-11-18/h2-11,16H,12-15H2,1H3/t16-/m0/s1. The number of benzene rings is 2. The first-order valence-corrected chi connectivity index (χ1v) is 10.9. The maximum atomic E-state index is 12.7. The Balaban J connectivity index is 1.59. The van der Waals surface area contributed by atoms with Crippen molar-refractivity contribution in [3.63, 3.8) is 0 Å². The zero-order valence-electron chi connectivity index (χ0n) is 14.6. The van der Waals surface area contributed by atoms with Crippen LogP contribution in [0.4, 0.5) is 0 Å². The summed E-state index contributed by atoms with van der Waals surface area (Å²) in [5, 5.41) is -0.199. The van der Waals surface area contributed by atoms with E-state index in [-0.39, 0.29) is 11.2 Å². The Labute approximate surface area is 159 Å². The van der Waals surface area contributed by atoms with E-state index in [1.807, 2.05) is 37.3 Å². The molecule has 2 aromatic carbocycles. The lowest BCUT2D eigenvalue weighted by molar-refractivity contribution is -0.131. The van der Waals surface area contributed by atoms with Crippen molar-refractivity contribution in [1.29, 1.82) is 0 Å². The first-order chi connectivity index (χ1) is 12.5. The zero-order chi connectivity index (χ0) is 18.6. The van der Waals surface area contributed by atoms with Crippen molar-refractivity contribution in [1.82, 2.24) is 9.21 Å². The molecule has 138 valence electrons. The van der Waals surface area contributed by atoms with Gasteiger partial charge < -0.3 is 4.90 Å². The van der Waals surface area contributed by atoms with E-state index in [0.717, 1.165) is 4.90 Å². The molecule has 1 heterocycles. The number of hydrogen-bond acceptors (Lipinski definition) is 4. The predicted octanol–water partition coefficient (Wildman–Crippen LogP) is 2.70. The lowest BCUT2D eigenvalue weighted by atomic mass is 10.3. The van der Waals surface area contributed by atoms with Gasteiger partial charge in [-0.2, -0.15) is 4.31 Å². The minimum atomic E-state index is -3.49. The fraction of sp³-hybridized carbons (Fsp3) is 0.316. The van der Waals surface area contributed by atoms with Gasteiger partial charge in [0, 0.05) is 31.1 Å². The number of nitrogens with zero attached hydrogens (tertiary/aromatic N) is 2. The molecule has 0 aromatic heterocycles. The van der Waals surface area contributed by atoms with E-state index in [1.54, 1.807) is 35.2 Å². The van der Waals surface area contributed by atoms with Gasteiger partial charge in [0.1, 0.15) is 0 Å². The first kappa shape index (κ1) is 18.9. The molecule has 0 unspecified atom stereocenters. The fourth-order valence-corrected chi connectivity index (χ4v) is 5.32. The number of carbonyl (C=O) groups is 1. The molecule has 1 saturated heterocycles. The van der Waals surface area contributed by atoms with Crippen LogP contribution >= 0.6 is 11.8 Å². The zero-order valence-corrected chi connectivity index (χ0v) is 16.2. The van der Waals surface area contributed by atoms with Gasteiger partial charge in [-0.15, -0.1) is 11.8 Å². The molecule has 1 aliphatic rings. The third kappa shape index (κ3) is 4.28. The highest BCUT2D eigenvalue weighted by Crippen LogP contribution is 2.25. The summed E-state index contributed by atoms with van der Waals surface area (Å²) in [5.74, 6) is 0.0515. The van der Waals surface area contributed by atoms with E-state index < -0.39 is 10.0 Å². The van der Waals surface area contributed by atoms with Crippen molar-refractivity contribution in [2.75, 3.05) is 26.2 Å². The summed E-state index contributed by atoms with van der Waals surface area (Å²) >= 11 is 1.53. The molecule has 7 heteroatoms. The summed E-state index contributed by atoms with van der Waals surface area (Å²) in [6.45, 7) is 3.39. The normalized spacial score (nSPS) is 17.0. The topological polar surface area (TPSA) is 57.7 Å². The molecule has 3 rings (SSSR count). The number of piperazine rings is 1. The molecule has 2 aromatic rings. The molecule has 26 heavy (non-hydrogen) atoms. The second kappa shape index (κ2) is 8.24. The Kier molecular flexibility index (Phi) is 6.01. The van der Waals surface area contributed by atoms with Gasteiger partial charge in [0.2, 0.25) is 15.9 Å². The molecular formula is C19H22N2O3S2. The van der Waals surface area contributed by atoms with E-state index in [1.165, 1.54) is 16.1 Å². The quantitative estimate of drug-likeness (QED) is 0.737. The Morgan fingerprint density at radius 1 is 0.923 bits per heavy atom. The minimum Gasteiger partial charge on any atom is -0.339 e. The number of hydrogen-bond donors (Lipinski definition) is 0. The van der Waals surface area contributed by atoms with Crippen LogP contribution in [0.1, 0.15) is 6.92 Å². The van der Waals surface area contributed by atoms with Gasteiger partial charge >= 0.3 is 0 Å². The van der Waals surface area contributed by atoms with Gasteiger partial charge in [0.15, 0.2) is 0 Å². The summed E-state index contributed by atoms with van der Waals surface area (Å²) in [7, 11) is -3.49. The first-order valence-electron chi connectivity index (χ1n) is 8.54. The van der Waals surface area contributed by atoms with Crippen molar-refractivity contribution >= 4 is 27.7 Å².